The van der Waals surface area contributed by atoms with Gasteiger partial charge in [-0.3, -0.25) is 9.59 Å². The van der Waals surface area contributed by atoms with Crippen LogP contribution in [0.3, 0.4) is 0 Å². The fraction of sp³-hybridized carbons (Fsp3) is 0.148. The number of ether oxygens (including phenoxy) is 2. The van der Waals surface area contributed by atoms with Crippen molar-refractivity contribution in [1.29, 1.82) is 0 Å². The minimum absolute atomic E-state index is 0.0102. The Morgan fingerprint density at radius 3 is 2.17 bits per heavy atom. The van der Waals surface area contributed by atoms with E-state index in [0.29, 0.717) is 32.7 Å². The third-order valence-corrected chi connectivity index (χ3v) is 6.57. The molecule has 1 aliphatic rings. The number of rotatable bonds is 7. The van der Waals surface area contributed by atoms with Gasteiger partial charge in [-0.2, -0.15) is 0 Å². The van der Waals surface area contributed by atoms with Gasteiger partial charge in [0, 0.05) is 17.7 Å². The lowest BCUT2D eigenvalue weighted by molar-refractivity contribution is -0.140. The second-order valence-corrected chi connectivity index (χ2v) is 8.87. The molecule has 0 saturated carbocycles. The third kappa shape index (κ3) is 4.57. The fourth-order valence-corrected chi connectivity index (χ4v) is 4.72. The molecule has 9 heteroatoms. The number of carbonyl (C=O) groups excluding carboxylic acids is 2. The molecule has 2 N–H and O–H groups in total. The van der Waals surface area contributed by atoms with E-state index in [2.05, 4.69) is 15.9 Å². The average molecular weight is 552 g/mol. The van der Waals surface area contributed by atoms with Crippen molar-refractivity contribution in [2.45, 2.75) is 12.6 Å². The number of methoxy groups -OCH3 is 2. The minimum atomic E-state index is -1.07. The van der Waals surface area contributed by atoms with Crippen molar-refractivity contribution in [2.24, 2.45) is 0 Å². The average Bonchev–Trinajstić information content (AvgIpc) is 3.13. The van der Waals surface area contributed by atoms with Crippen LogP contribution in [0.5, 0.6) is 11.5 Å². The monoisotopic (exact) mass is 551 g/mol. The summed E-state index contributed by atoms with van der Waals surface area (Å²) in [6.45, 7) is 0.0102. The number of ketones is 1. The summed E-state index contributed by atoms with van der Waals surface area (Å²) in [6.07, 6.45) is 0. The predicted octanol–water partition coefficient (Wildman–Crippen LogP) is 4.79. The smallest absolute Gasteiger partial charge is 0.335 e. The van der Waals surface area contributed by atoms with Crippen molar-refractivity contribution in [2.75, 3.05) is 14.2 Å². The van der Waals surface area contributed by atoms with Gasteiger partial charge in [0.25, 0.3) is 11.7 Å². The molecule has 3 aromatic carbocycles. The van der Waals surface area contributed by atoms with Crippen LogP contribution in [-0.2, 0) is 16.1 Å². The summed E-state index contributed by atoms with van der Waals surface area (Å²) in [5, 5.41) is 20.5. The molecule has 8 nitrogen and oxygen atoms in total. The molecule has 1 aliphatic heterocycles. The molecular weight excluding hydrogens is 530 g/mol. The molecule has 0 aromatic heterocycles. The number of para-hydroxylation sites is 1. The van der Waals surface area contributed by atoms with Gasteiger partial charge in [-0.05, 0) is 57.9 Å². The summed E-state index contributed by atoms with van der Waals surface area (Å²) in [6, 6.07) is 16.9. The highest BCUT2D eigenvalue weighted by Crippen LogP contribution is 2.43. The molecule has 1 amide bonds. The highest BCUT2D eigenvalue weighted by molar-refractivity contribution is 9.10. The molecule has 184 valence electrons. The Kier molecular flexibility index (Phi) is 7.12. The zero-order valence-electron chi connectivity index (χ0n) is 19.4. The number of carboxylic acids is 1. The van der Waals surface area contributed by atoms with Crippen LogP contribution >= 0.6 is 15.9 Å². The molecule has 0 radical (unpaired) electrons. The van der Waals surface area contributed by atoms with Crippen LogP contribution in [0.1, 0.15) is 33.1 Å². The summed E-state index contributed by atoms with van der Waals surface area (Å²) in [5.74, 6) is -2.05. The molecule has 1 heterocycles. The van der Waals surface area contributed by atoms with E-state index in [0.717, 1.165) is 0 Å². The Morgan fingerprint density at radius 1 is 0.917 bits per heavy atom. The number of Topliss-reactive ketones (excluding diaryl/α,β-unsaturated/α-hetero) is 1. The second kappa shape index (κ2) is 10.2. The Labute approximate surface area is 215 Å². The highest BCUT2D eigenvalue weighted by Gasteiger charge is 2.47. The van der Waals surface area contributed by atoms with Crippen molar-refractivity contribution >= 4 is 39.3 Å². The summed E-state index contributed by atoms with van der Waals surface area (Å²) in [5.41, 5.74) is 1.49. The fourth-order valence-electron chi connectivity index (χ4n) is 4.18. The van der Waals surface area contributed by atoms with Gasteiger partial charge in [-0.15, -0.1) is 0 Å². The number of likely N-dealkylation sites (tertiary alicyclic amines) is 1. The zero-order valence-corrected chi connectivity index (χ0v) is 21.0. The Balaban J connectivity index is 1.86. The standard InChI is InChI=1S/C27H22BrNO7/c1-35-20-6-4-3-5-18(20)23-22(24(30)17-11-12-21(36-2)19(28)13-17)25(31)26(32)29(23)14-15-7-9-16(10-8-15)27(33)34/h3-13,23,30H,14H2,1-2H3,(H,33,34)/b24-22+. The van der Waals surface area contributed by atoms with Gasteiger partial charge < -0.3 is 24.6 Å². The number of aromatic carboxylic acids is 1. The second-order valence-electron chi connectivity index (χ2n) is 8.02. The molecule has 4 rings (SSSR count). The van der Waals surface area contributed by atoms with Gasteiger partial charge >= 0.3 is 5.97 Å². The van der Waals surface area contributed by atoms with E-state index in [1.807, 2.05) is 0 Å². The molecule has 0 aliphatic carbocycles. The largest absolute Gasteiger partial charge is 0.507 e. The van der Waals surface area contributed by atoms with Crippen LogP contribution in [0.4, 0.5) is 0 Å². The van der Waals surface area contributed by atoms with Gasteiger partial charge in [0.15, 0.2) is 0 Å². The first-order valence-electron chi connectivity index (χ1n) is 10.8. The van der Waals surface area contributed by atoms with Crippen LogP contribution in [-0.4, -0.2) is 47.0 Å². The van der Waals surface area contributed by atoms with Crippen LogP contribution < -0.4 is 9.47 Å². The lowest BCUT2D eigenvalue weighted by Gasteiger charge is -2.26. The summed E-state index contributed by atoms with van der Waals surface area (Å²) >= 11 is 3.38. The lowest BCUT2D eigenvalue weighted by atomic mass is 9.94. The molecule has 3 aromatic rings. The number of carbonyl (C=O) groups is 3. The molecule has 1 saturated heterocycles. The van der Waals surface area contributed by atoms with E-state index in [-0.39, 0.29) is 23.4 Å². The summed E-state index contributed by atoms with van der Waals surface area (Å²) in [4.78, 5) is 39.1. The van der Waals surface area contributed by atoms with E-state index in [1.54, 1.807) is 54.6 Å². The number of halogens is 1. The van der Waals surface area contributed by atoms with Crippen molar-refractivity contribution < 1.29 is 34.1 Å². The molecule has 1 atom stereocenters. The maximum atomic E-state index is 13.3. The van der Waals surface area contributed by atoms with E-state index < -0.39 is 23.7 Å². The lowest BCUT2D eigenvalue weighted by Crippen LogP contribution is -2.29. The van der Waals surface area contributed by atoms with E-state index in [1.165, 1.54) is 31.3 Å². The van der Waals surface area contributed by atoms with E-state index in [9.17, 15) is 24.6 Å². The normalized spacial score (nSPS) is 16.8. The number of hydrogen-bond acceptors (Lipinski definition) is 6. The molecule has 0 spiro atoms. The van der Waals surface area contributed by atoms with Crippen molar-refractivity contribution in [3.05, 3.63) is 99.0 Å². The number of aliphatic hydroxyl groups is 1. The number of aliphatic hydroxyl groups excluding tert-OH is 1. The number of nitrogens with zero attached hydrogens (tertiary/aromatic N) is 1. The Hall–Kier alpha value is -4.11. The third-order valence-electron chi connectivity index (χ3n) is 5.95. The molecule has 1 unspecified atom stereocenters. The molecule has 36 heavy (non-hydrogen) atoms. The van der Waals surface area contributed by atoms with E-state index >= 15 is 0 Å². The van der Waals surface area contributed by atoms with Crippen molar-refractivity contribution in [3.8, 4) is 11.5 Å². The number of benzene rings is 3. The minimum Gasteiger partial charge on any atom is -0.507 e. The van der Waals surface area contributed by atoms with Crippen molar-refractivity contribution in [1.82, 2.24) is 4.90 Å². The van der Waals surface area contributed by atoms with Gasteiger partial charge in [0.1, 0.15) is 17.3 Å². The van der Waals surface area contributed by atoms with Gasteiger partial charge in [0.2, 0.25) is 0 Å². The predicted molar refractivity (Wildman–Crippen MR) is 135 cm³/mol. The highest BCUT2D eigenvalue weighted by atomic mass is 79.9. The number of carboxylic acid groups (broad SMARTS) is 1. The first-order chi connectivity index (χ1) is 17.3. The quantitative estimate of drug-likeness (QED) is 0.246. The summed E-state index contributed by atoms with van der Waals surface area (Å²) < 4.78 is 11.3. The van der Waals surface area contributed by atoms with Crippen LogP contribution in [0, 0.1) is 0 Å². The maximum Gasteiger partial charge on any atom is 0.335 e. The van der Waals surface area contributed by atoms with Crippen LogP contribution in [0.15, 0.2) is 76.8 Å². The molecule has 0 bridgehead atoms. The van der Waals surface area contributed by atoms with E-state index in [4.69, 9.17) is 9.47 Å². The summed E-state index contributed by atoms with van der Waals surface area (Å²) in [7, 11) is 2.99. The first-order valence-corrected chi connectivity index (χ1v) is 11.6. The number of amides is 1. The van der Waals surface area contributed by atoms with Gasteiger partial charge in [-0.25, -0.2) is 4.79 Å². The van der Waals surface area contributed by atoms with Crippen LogP contribution in [0.25, 0.3) is 5.76 Å². The Morgan fingerprint density at radius 2 is 1.56 bits per heavy atom. The van der Waals surface area contributed by atoms with Gasteiger partial charge in [-0.1, -0.05) is 30.3 Å². The number of hydrogen-bond donors (Lipinski definition) is 2. The Bertz CT molecular complexity index is 1380. The molecular formula is C27H22BrNO7. The first kappa shape index (κ1) is 25.0. The zero-order chi connectivity index (χ0) is 26.0. The van der Waals surface area contributed by atoms with Crippen molar-refractivity contribution in [3.63, 3.8) is 0 Å². The van der Waals surface area contributed by atoms with Crippen LogP contribution in [0.2, 0.25) is 0 Å². The SMILES string of the molecule is COc1ccc(/C(O)=C2\C(=O)C(=O)N(Cc3ccc(C(=O)O)cc3)C2c2ccccc2OC)cc1Br. The topological polar surface area (TPSA) is 113 Å². The maximum absolute atomic E-state index is 13.3. The van der Waals surface area contributed by atoms with Gasteiger partial charge in [0.05, 0.1) is 35.9 Å². The molecule has 1 fully saturated rings.